The first-order valence-electron chi connectivity index (χ1n) is 19.0. The van der Waals surface area contributed by atoms with E-state index >= 15 is 0 Å². The van der Waals surface area contributed by atoms with Crippen LogP contribution < -0.4 is 27.4 Å². The van der Waals surface area contributed by atoms with Gasteiger partial charge in [-0.1, -0.05) is 74.5 Å². The molecule has 2 aromatic rings. The summed E-state index contributed by atoms with van der Waals surface area (Å²) in [5.41, 5.74) is 13.6. The highest BCUT2D eigenvalue weighted by Crippen LogP contribution is 2.41. The lowest BCUT2D eigenvalue weighted by molar-refractivity contribution is -0.147. The van der Waals surface area contributed by atoms with Gasteiger partial charge in [0.2, 0.25) is 23.6 Å². The SMILES string of the molecule is CC(C)C[C@@H](NC(=O)[C@@H](Cc1ccccc1)NC(=O)[C@H](N)CCc1ccccc1)C(=O)N[C@H](CCCCN)C(=O)N1CC2(CCN(S(=O)(=O)N(C)C)C2)C1. The van der Waals surface area contributed by atoms with Gasteiger partial charge in [0, 0.05) is 52.1 Å². The van der Waals surface area contributed by atoms with Gasteiger partial charge in [-0.15, -0.1) is 0 Å². The summed E-state index contributed by atoms with van der Waals surface area (Å²) in [6.45, 7) is 5.83. The van der Waals surface area contributed by atoms with Crippen LogP contribution in [0, 0.1) is 11.3 Å². The summed E-state index contributed by atoms with van der Waals surface area (Å²) in [7, 11) is -0.549. The normalized spacial score (nSPS) is 17.8. The molecule has 14 nitrogen and oxygen atoms in total. The van der Waals surface area contributed by atoms with Gasteiger partial charge in [0.05, 0.1) is 6.04 Å². The van der Waals surface area contributed by atoms with Crippen molar-refractivity contribution in [2.45, 2.75) is 89.4 Å². The van der Waals surface area contributed by atoms with Crippen LogP contribution in [0.15, 0.2) is 60.7 Å². The third-order valence-electron chi connectivity index (χ3n) is 10.3. The van der Waals surface area contributed by atoms with Crippen LogP contribution in [0.5, 0.6) is 0 Å². The van der Waals surface area contributed by atoms with Crippen molar-refractivity contribution in [3.05, 3.63) is 71.8 Å². The Morgan fingerprint density at radius 3 is 1.96 bits per heavy atom. The molecule has 4 atom stereocenters. The Labute approximate surface area is 320 Å². The molecule has 4 amide bonds. The van der Waals surface area contributed by atoms with Crippen LogP contribution in [0.1, 0.15) is 63.5 Å². The average Bonchev–Trinajstić information content (AvgIpc) is 3.60. The summed E-state index contributed by atoms with van der Waals surface area (Å²) >= 11 is 0. The molecule has 1 spiro atoms. The predicted octanol–water partition coefficient (Wildman–Crippen LogP) is 1.16. The molecular weight excluding hydrogens is 709 g/mol. The van der Waals surface area contributed by atoms with E-state index in [-0.39, 0.29) is 23.7 Å². The number of benzene rings is 2. The van der Waals surface area contributed by atoms with E-state index in [9.17, 15) is 27.6 Å². The highest BCUT2D eigenvalue weighted by molar-refractivity contribution is 7.86. The second kappa shape index (κ2) is 19.6. The molecule has 0 aromatic heterocycles. The van der Waals surface area contributed by atoms with Crippen molar-refractivity contribution in [3.63, 3.8) is 0 Å². The number of carbonyl (C=O) groups excluding carboxylic acids is 4. The van der Waals surface area contributed by atoms with Gasteiger partial charge < -0.3 is 32.3 Å². The minimum absolute atomic E-state index is 0.0139. The summed E-state index contributed by atoms with van der Waals surface area (Å²) in [4.78, 5) is 56.8. The molecule has 15 heteroatoms. The third kappa shape index (κ3) is 11.8. The smallest absolute Gasteiger partial charge is 0.281 e. The molecule has 2 fully saturated rings. The molecule has 0 bridgehead atoms. The monoisotopic (exact) mass is 768 g/mol. The minimum Gasteiger partial charge on any atom is -0.343 e. The van der Waals surface area contributed by atoms with Gasteiger partial charge in [-0.3, -0.25) is 19.2 Å². The summed E-state index contributed by atoms with van der Waals surface area (Å²) in [5, 5.41) is 8.67. The Morgan fingerprint density at radius 2 is 1.37 bits per heavy atom. The van der Waals surface area contributed by atoms with Crippen LogP contribution in [-0.4, -0.2) is 117 Å². The molecule has 2 aliphatic rings. The van der Waals surface area contributed by atoms with E-state index in [0.29, 0.717) is 77.7 Å². The average molecular weight is 769 g/mol. The summed E-state index contributed by atoms with van der Waals surface area (Å²) in [5.74, 6) is -1.72. The standard InChI is InChI=1S/C39H60N8O6S/c1-28(2)23-33(44-37(50)34(24-30-15-9-6-10-16-30)43-35(48)31(41)19-18-29-13-7-5-8-14-29)36(49)42-32(17-11-12-21-40)38(51)46-25-39(26-46)20-22-47(27-39)54(52,53)45(3)4/h5-10,13-16,28,31-34H,11-12,17-27,40-41H2,1-4H3,(H,42,49)(H,43,48)(H,44,50)/t31-,32-,33-,34-/m1/s1. The van der Waals surface area contributed by atoms with Gasteiger partial charge >= 0.3 is 0 Å². The van der Waals surface area contributed by atoms with Crippen molar-refractivity contribution >= 4 is 33.8 Å². The van der Waals surface area contributed by atoms with Gasteiger partial charge in [-0.25, -0.2) is 0 Å². The Morgan fingerprint density at radius 1 is 0.796 bits per heavy atom. The highest BCUT2D eigenvalue weighted by Gasteiger charge is 2.52. The van der Waals surface area contributed by atoms with Crippen molar-refractivity contribution < 1.29 is 27.6 Å². The fourth-order valence-electron chi connectivity index (χ4n) is 7.15. The zero-order valence-electron chi connectivity index (χ0n) is 32.2. The number of nitrogens with one attached hydrogen (secondary N) is 3. The number of nitrogens with two attached hydrogens (primary N) is 2. The minimum atomic E-state index is -3.56. The number of carbonyl (C=O) groups is 4. The summed E-state index contributed by atoms with van der Waals surface area (Å²) in [6, 6.07) is 15.3. The number of amides is 4. The molecule has 0 aliphatic carbocycles. The topological polar surface area (TPSA) is 200 Å². The van der Waals surface area contributed by atoms with E-state index in [1.165, 1.54) is 22.7 Å². The van der Waals surface area contributed by atoms with Crippen molar-refractivity contribution in [1.29, 1.82) is 0 Å². The van der Waals surface area contributed by atoms with Crippen LogP contribution in [-0.2, 0) is 42.2 Å². The lowest BCUT2D eigenvalue weighted by Gasteiger charge is -2.49. The molecule has 0 radical (unpaired) electrons. The van der Waals surface area contributed by atoms with Crippen molar-refractivity contribution in [2.75, 3.05) is 46.8 Å². The van der Waals surface area contributed by atoms with E-state index in [1.807, 2.05) is 74.5 Å². The Bertz CT molecular complexity index is 1650. The van der Waals surface area contributed by atoms with Crippen LogP contribution in [0.2, 0.25) is 0 Å². The Balaban J connectivity index is 1.44. The van der Waals surface area contributed by atoms with Gasteiger partial charge in [0.1, 0.15) is 18.1 Å². The molecule has 0 unspecified atom stereocenters. The molecule has 7 N–H and O–H groups in total. The Hall–Kier alpha value is -3.89. The van der Waals surface area contributed by atoms with Crippen LogP contribution in [0.4, 0.5) is 0 Å². The van der Waals surface area contributed by atoms with E-state index in [1.54, 1.807) is 4.90 Å². The maximum absolute atomic E-state index is 14.0. The van der Waals surface area contributed by atoms with E-state index in [4.69, 9.17) is 11.5 Å². The molecule has 0 saturated carbocycles. The largest absolute Gasteiger partial charge is 0.343 e. The van der Waals surface area contributed by atoms with Crippen LogP contribution >= 0.6 is 0 Å². The number of unbranched alkanes of at least 4 members (excludes halogenated alkanes) is 1. The maximum Gasteiger partial charge on any atom is 0.281 e. The van der Waals surface area contributed by atoms with Gasteiger partial charge in [0.25, 0.3) is 10.2 Å². The van der Waals surface area contributed by atoms with Gasteiger partial charge in [-0.2, -0.15) is 17.0 Å². The molecular formula is C39H60N8O6S. The van der Waals surface area contributed by atoms with Gasteiger partial charge in [0.15, 0.2) is 0 Å². The zero-order chi connectivity index (χ0) is 39.5. The molecule has 2 aromatic carbocycles. The van der Waals surface area contributed by atoms with Crippen LogP contribution in [0.3, 0.4) is 0 Å². The van der Waals surface area contributed by atoms with E-state index < -0.39 is 52.1 Å². The van der Waals surface area contributed by atoms with E-state index in [0.717, 1.165) is 11.1 Å². The summed E-state index contributed by atoms with van der Waals surface area (Å²) in [6.07, 6.45) is 3.76. The lowest BCUT2D eigenvalue weighted by Crippen LogP contribution is -2.64. The second-order valence-electron chi connectivity index (χ2n) is 15.5. The first-order valence-corrected chi connectivity index (χ1v) is 20.4. The van der Waals surface area contributed by atoms with Crippen molar-refractivity contribution in [1.82, 2.24) is 29.5 Å². The second-order valence-corrected chi connectivity index (χ2v) is 17.6. The van der Waals surface area contributed by atoms with Crippen molar-refractivity contribution in [2.24, 2.45) is 22.8 Å². The number of nitrogens with zero attached hydrogens (tertiary/aromatic N) is 3. The lowest BCUT2D eigenvalue weighted by atomic mass is 9.78. The number of rotatable bonds is 20. The molecule has 54 heavy (non-hydrogen) atoms. The van der Waals surface area contributed by atoms with Crippen molar-refractivity contribution in [3.8, 4) is 0 Å². The number of hydrogen-bond donors (Lipinski definition) is 5. The number of hydrogen-bond acceptors (Lipinski definition) is 8. The predicted molar refractivity (Wildman–Crippen MR) is 209 cm³/mol. The molecule has 4 rings (SSSR count). The quantitative estimate of drug-likeness (QED) is 0.124. The molecule has 2 heterocycles. The maximum atomic E-state index is 14.0. The first kappa shape index (κ1) is 42.8. The van der Waals surface area contributed by atoms with Gasteiger partial charge in [-0.05, 0) is 68.5 Å². The molecule has 298 valence electrons. The molecule has 2 aliphatic heterocycles. The third-order valence-corrected chi connectivity index (χ3v) is 12.2. The highest BCUT2D eigenvalue weighted by atomic mass is 32.2. The fourth-order valence-corrected chi connectivity index (χ4v) is 8.37. The zero-order valence-corrected chi connectivity index (χ0v) is 33.0. The fraction of sp³-hybridized carbons (Fsp3) is 0.590. The summed E-state index contributed by atoms with van der Waals surface area (Å²) < 4.78 is 28.1. The number of aryl methyl sites for hydroxylation is 1. The first-order chi connectivity index (χ1) is 25.6. The molecule has 2 saturated heterocycles. The Kier molecular flexibility index (Phi) is 15.6. The van der Waals surface area contributed by atoms with Crippen LogP contribution in [0.25, 0.3) is 0 Å². The number of likely N-dealkylation sites (tertiary alicyclic amines) is 1. The van der Waals surface area contributed by atoms with E-state index in [2.05, 4.69) is 16.0 Å².